The van der Waals surface area contributed by atoms with Gasteiger partial charge in [0.05, 0.1) is 6.61 Å². The minimum absolute atomic E-state index is 0. The summed E-state index contributed by atoms with van der Waals surface area (Å²) in [5.74, 6) is 0.581. The van der Waals surface area contributed by atoms with E-state index >= 15 is 0 Å². The van der Waals surface area contributed by atoms with E-state index in [0.29, 0.717) is 19.7 Å². The average Bonchev–Trinajstić information content (AvgIpc) is 2.70. The monoisotopic (exact) mass is 438 g/mol. The lowest BCUT2D eigenvalue weighted by molar-refractivity contribution is -0.00100. The minimum atomic E-state index is -0.246. The number of fused-ring (bicyclic) bond motifs is 1. The summed E-state index contributed by atoms with van der Waals surface area (Å²) in [6.45, 7) is 3.40. The number of aliphatic hydroxyl groups excluding tert-OH is 1. The molecule has 0 unspecified atom stereocenters. The molecule has 4 nitrogen and oxygen atoms in total. The maximum absolute atomic E-state index is 13.1. The van der Waals surface area contributed by atoms with Crippen molar-refractivity contribution >= 4 is 10.8 Å². The van der Waals surface area contributed by atoms with Crippen molar-refractivity contribution < 1.29 is 39.0 Å². The van der Waals surface area contributed by atoms with Crippen molar-refractivity contribution in [1.29, 1.82) is 0 Å². The van der Waals surface area contributed by atoms with E-state index < -0.39 is 0 Å². The fraction of sp³-hybridized carbons (Fsp3) is 0.273. The molecule has 0 radical (unpaired) electrons. The quantitative estimate of drug-likeness (QED) is 0.300. The van der Waals surface area contributed by atoms with E-state index in [4.69, 9.17) is 9.84 Å². The summed E-state index contributed by atoms with van der Waals surface area (Å²) >= 11 is 0. The molecule has 3 aromatic rings. The van der Waals surface area contributed by atoms with E-state index in [1.54, 1.807) is 12.1 Å². The van der Waals surface area contributed by atoms with Gasteiger partial charge in [0.2, 0.25) is 0 Å². The summed E-state index contributed by atoms with van der Waals surface area (Å²) in [6, 6.07) is 18.7. The van der Waals surface area contributed by atoms with E-state index in [0.717, 1.165) is 35.4 Å². The lowest BCUT2D eigenvalue weighted by atomic mass is 10.0. The average molecular weight is 439 g/mol. The molecule has 158 valence electrons. The maximum Gasteiger partial charge on any atom is 0.124 e. The van der Waals surface area contributed by atoms with Crippen molar-refractivity contribution in [3.05, 3.63) is 77.6 Å². The van der Waals surface area contributed by atoms with Gasteiger partial charge in [0.1, 0.15) is 18.2 Å². The number of nitrogens with one attached hydrogen (secondary N) is 2. The van der Waals surface area contributed by atoms with E-state index in [2.05, 4.69) is 28.8 Å². The van der Waals surface area contributed by atoms with E-state index in [-0.39, 0.29) is 37.2 Å². The SMILES string of the molecule is OCCNCCNCc1c(OCc2ccc(F)cc2)ccc2ccccc12.[Cl-].[Cl-]. The lowest BCUT2D eigenvalue weighted by Crippen LogP contribution is -3.00. The first-order valence-electron chi connectivity index (χ1n) is 9.18. The van der Waals surface area contributed by atoms with Crippen LogP contribution < -0.4 is 40.2 Å². The zero-order valence-corrected chi connectivity index (χ0v) is 17.5. The van der Waals surface area contributed by atoms with Crippen molar-refractivity contribution in [3.63, 3.8) is 0 Å². The first-order valence-corrected chi connectivity index (χ1v) is 9.18. The first kappa shape index (κ1) is 25.1. The number of halogens is 3. The Kier molecular flexibility index (Phi) is 11.6. The zero-order chi connectivity index (χ0) is 18.9. The third-order valence-electron chi connectivity index (χ3n) is 4.37. The standard InChI is InChI=1S/C22H25FN2O2.2ClH/c23-19-8-5-17(6-9-19)16-27-22-10-7-18-3-1-2-4-20(18)21(22)15-25-12-11-24-13-14-26;;/h1-10,24-26H,11-16H2;2*1H/p-2. The van der Waals surface area contributed by atoms with Crippen molar-refractivity contribution in [3.8, 4) is 5.75 Å². The molecule has 3 rings (SSSR count). The summed E-state index contributed by atoms with van der Waals surface area (Å²) < 4.78 is 19.1. The summed E-state index contributed by atoms with van der Waals surface area (Å²) in [5.41, 5.74) is 2.04. The Morgan fingerprint density at radius 1 is 0.828 bits per heavy atom. The predicted octanol–water partition coefficient (Wildman–Crippen LogP) is -2.76. The fourth-order valence-corrected chi connectivity index (χ4v) is 2.97. The van der Waals surface area contributed by atoms with Crippen LogP contribution in [0.5, 0.6) is 5.75 Å². The Bertz CT molecular complexity index is 863. The van der Waals surface area contributed by atoms with Gasteiger partial charge < -0.3 is 45.3 Å². The van der Waals surface area contributed by atoms with Gasteiger partial charge in [0.25, 0.3) is 0 Å². The summed E-state index contributed by atoms with van der Waals surface area (Å²) in [4.78, 5) is 0. The predicted molar refractivity (Wildman–Crippen MR) is 106 cm³/mol. The van der Waals surface area contributed by atoms with Crippen LogP contribution in [0.25, 0.3) is 10.8 Å². The van der Waals surface area contributed by atoms with Crippen molar-refractivity contribution in [2.45, 2.75) is 13.2 Å². The smallest absolute Gasteiger partial charge is 0.124 e. The number of benzene rings is 3. The van der Waals surface area contributed by atoms with Gasteiger partial charge in [0.15, 0.2) is 0 Å². The van der Waals surface area contributed by atoms with E-state index in [1.807, 2.05) is 18.2 Å². The molecule has 0 aliphatic heterocycles. The number of rotatable bonds is 10. The van der Waals surface area contributed by atoms with Crippen LogP contribution >= 0.6 is 0 Å². The Hall–Kier alpha value is -1.89. The molecule has 7 heteroatoms. The molecule has 0 heterocycles. The van der Waals surface area contributed by atoms with Crippen LogP contribution in [0.1, 0.15) is 11.1 Å². The molecule has 0 saturated carbocycles. The van der Waals surface area contributed by atoms with Crippen LogP contribution in [0.15, 0.2) is 60.7 Å². The third kappa shape index (κ3) is 7.46. The maximum atomic E-state index is 13.1. The van der Waals surface area contributed by atoms with Crippen molar-refractivity contribution in [1.82, 2.24) is 10.6 Å². The number of aliphatic hydroxyl groups is 1. The molecular weight excluding hydrogens is 414 g/mol. The van der Waals surface area contributed by atoms with Crippen LogP contribution in [0.2, 0.25) is 0 Å². The van der Waals surface area contributed by atoms with Crippen LogP contribution in [0, 0.1) is 5.82 Å². The zero-order valence-electron chi connectivity index (χ0n) is 16.0. The molecule has 3 N–H and O–H groups in total. The van der Waals surface area contributed by atoms with Crippen molar-refractivity contribution in [2.75, 3.05) is 26.2 Å². The summed E-state index contributed by atoms with van der Waals surface area (Å²) in [5, 5.41) is 17.7. The highest BCUT2D eigenvalue weighted by Crippen LogP contribution is 2.28. The largest absolute Gasteiger partial charge is 1.00 e. The van der Waals surface area contributed by atoms with Crippen LogP contribution in [-0.2, 0) is 13.2 Å². The van der Waals surface area contributed by atoms with E-state index in [1.165, 1.54) is 17.5 Å². The van der Waals surface area contributed by atoms with Gasteiger partial charge in [-0.2, -0.15) is 0 Å². The Labute approximate surface area is 183 Å². The molecular formula is C22H25Cl2FN2O2-2. The van der Waals surface area contributed by atoms with Crippen LogP contribution in [-0.4, -0.2) is 31.3 Å². The molecule has 3 aromatic carbocycles. The minimum Gasteiger partial charge on any atom is -1.00 e. The van der Waals surface area contributed by atoms with E-state index in [9.17, 15) is 4.39 Å². The number of hydrogen-bond donors (Lipinski definition) is 3. The first-order chi connectivity index (χ1) is 13.3. The molecule has 0 spiro atoms. The van der Waals surface area contributed by atoms with Gasteiger partial charge in [-0.3, -0.25) is 0 Å². The van der Waals surface area contributed by atoms with Gasteiger partial charge >= 0.3 is 0 Å². The highest BCUT2D eigenvalue weighted by Gasteiger charge is 2.09. The van der Waals surface area contributed by atoms with Gasteiger partial charge in [-0.05, 0) is 34.5 Å². The normalized spacial score (nSPS) is 10.3. The second-order valence-electron chi connectivity index (χ2n) is 6.33. The fourth-order valence-electron chi connectivity index (χ4n) is 2.97. The van der Waals surface area contributed by atoms with Gasteiger partial charge in [0, 0.05) is 31.7 Å². The molecule has 0 saturated heterocycles. The molecule has 0 aromatic heterocycles. The van der Waals surface area contributed by atoms with Crippen LogP contribution in [0.4, 0.5) is 4.39 Å². The van der Waals surface area contributed by atoms with Gasteiger partial charge in [-0.1, -0.05) is 42.5 Å². The summed E-state index contributed by atoms with van der Waals surface area (Å²) in [7, 11) is 0. The van der Waals surface area contributed by atoms with Crippen LogP contribution in [0.3, 0.4) is 0 Å². The number of ether oxygens (including phenoxy) is 1. The summed E-state index contributed by atoms with van der Waals surface area (Å²) in [6.07, 6.45) is 0. The molecule has 29 heavy (non-hydrogen) atoms. The topological polar surface area (TPSA) is 53.5 Å². The molecule has 0 aliphatic rings. The Morgan fingerprint density at radius 2 is 1.55 bits per heavy atom. The molecule has 0 aliphatic carbocycles. The third-order valence-corrected chi connectivity index (χ3v) is 4.37. The lowest BCUT2D eigenvalue weighted by Gasteiger charge is -2.15. The highest BCUT2D eigenvalue weighted by atomic mass is 35.5. The number of hydrogen-bond acceptors (Lipinski definition) is 4. The molecule has 0 fully saturated rings. The van der Waals surface area contributed by atoms with Crippen molar-refractivity contribution in [2.24, 2.45) is 0 Å². The Morgan fingerprint density at radius 3 is 2.31 bits per heavy atom. The van der Waals surface area contributed by atoms with Gasteiger partial charge in [-0.15, -0.1) is 0 Å². The second-order valence-corrected chi connectivity index (χ2v) is 6.33. The van der Waals surface area contributed by atoms with Gasteiger partial charge in [-0.25, -0.2) is 4.39 Å². The molecule has 0 bridgehead atoms. The molecule has 0 atom stereocenters. The molecule has 0 amide bonds. The Balaban J connectivity index is 0.00000210. The second kappa shape index (κ2) is 13.4. The highest BCUT2D eigenvalue weighted by molar-refractivity contribution is 5.87.